The lowest BCUT2D eigenvalue weighted by molar-refractivity contribution is 0.137. The molecule has 0 unspecified atom stereocenters. The third kappa shape index (κ3) is 3.72. The Labute approximate surface area is 174 Å². The SMILES string of the molecule is CN1Cc2cc(Cl)ccc2-n2c(nnc2[C@H]2CC[C@@H](Oc3cccnn3)CC2)C1. The average molecular weight is 411 g/mol. The van der Waals surface area contributed by atoms with E-state index in [9.17, 15) is 0 Å². The summed E-state index contributed by atoms with van der Waals surface area (Å²) in [5.41, 5.74) is 2.35. The van der Waals surface area contributed by atoms with Crippen molar-refractivity contribution in [3.05, 3.63) is 58.8 Å². The predicted molar refractivity (Wildman–Crippen MR) is 109 cm³/mol. The number of fused-ring (bicyclic) bond motifs is 3. The topological polar surface area (TPSA) is 69.0 Å². The maximum absolute atomic E-state index is 6.27. The van der Waals surface area contributed by atoms with Crippen molar-refractivity contribution in [2.75, 3.05) is 7.05 Å². The highest BCUT2D eigenvalue weighted by Gasteiger charge is 2.30. The molecule has 5 rings (SSSR count). The Hall–Kier alpha value is -2.51. The Morgan fingerprint density at radius 1 is 1.03 bits per heavy atom. The lowest BCUT2D eigenvalue weighted by Gasteiger charge is -2.28. The summed E-state index contributed by atoms with van der Waals surface area (Å²) in [5, 5.41) is 17.8. The number of hydrogen-bond donors (Lipinski definition) is 0. The Morgan fingerprint density at radius 3 is 2.69 bits per heavy atom. The Balaban J connectivity index is 1.38. The molecule has 2 aromatic heterocycles. The maximum Gasteiger partial charge on any atom is 0.233 e. The van der Waals surface area contributed by atoms with E-state index in [0.29, 0.717) is 11.8 Å². The predicted octanol–water partition coefficient (Wildman–Crippen LogP) is 3.76. The van der Waals surface area contributed by atoms with Gasteiger partial charge in [-0.3, -0.25) is 9.47 Å². The number of benzene rings is 1. The van der Waals surface area contributed by atoms with Crippen molar-refractivity contribution in [2.24, 2.45) is 0 Å². The van der Waals surface area contributed by atoms with Crippen molar-refractivity contribution in [1.29, 1.82) is 0 Å². The number of aromatic nitrogens is 5. The number of halogens is 1. The molecule has 1 fully saturated rings. The van der Waals surface area contributed by atoms with Crippen LogP contribution in [0.2, 0.25) is 5.02 Å². The molecule has 150 valence electrons. The monoisotopic (exact) mass is 410 g/mol. The summed E-state index contributed by atoms with van der Waals surface area (Å²) < 4.78 is 8.25. The van der Waals surface area contributed by atoms with Gasteiger partial charge in [0.05, 0.1) is 12.2 Å². The van der Waals surface area contributed by atoms with Crippen LogP contribution in [-0.2, 0) is 13.1 Å². The van der Waals surface area contributed by atoms with Gasteiger partial charge in [0.25, 0.3) is 0 Å². The molecule has 1 aromatic carbocycles. The second-order valence-electron chi connectivity index (χ2n) is 7.91. The normalized spacial score (nSPS) is 21.9. The quantitative estimate of drug-likeness (QED) is 0.654. The molecular weight excluding hydrogens is 388 g/mol. The van der Waals surface area contributed by atoms with Gasteiger partial charge >= 0.3 is 0 Å². The molecule has 0 spiro atoms. The van der Waals surface area contributed by atoms with Crippen LogP contribution in [-0.4, -0.2) is 43.0 Å². The fraction of sp³-hybridized carbons (Fsp3) is 0.429. The van der Waals surface area contributed by atoms with Crippen molar-refractivity contribution in [2.45, 2.75) is 50.8 Å². The third-order valence-electron chi connectivity index (χ3n) is 5.76. The van der Waals surface area contributed by atoms with Crippen molar-refractivity contribution in [3.63, 3.8) is 0 Å². The molecule has 29 heavy (non-hydrogen) atoms. The summed E-state index contributed by atoms with van der Waals surface area (Å²) >= 11 is 6.27. The molecule has 1 aliphatic carbocycles. The minimum Gasteiger partial charge on any atom is -0.473 e. The van der Waals surface area contributed by atoms with Gasteiger partial charge in [-0.15, -0.1) is 15.3 Å². The average Bonchev–Trinajstić information content (AvgIpc) is 3.06. The van der Waals surface area contributed by atoms with Crippen LogP contribution in [0.4, 0.5) is 0 Å². The number of nitrogens with zero attached hydrogens (tertiary/aromatic N) is 6. The van der Waals surface area contributed by atoms with Crippen molar-refractivity contribution in [1.82, 2.24) is 29.9 Å². The van der Waals surface area contributed by atoms with Crippen LogP contribution in [0.25, 0.3) is 5.69 Å². The van der Waals surface area contributed by atoms with E-state index in [1.807, 2.05) is 18.2 Å². The molecule has 0 radical (unpaired) electrons. The van der Waals surface area contributed by atoms with Gasteiger partial charge in [-0.2, -0.15) is 5.10 Å². The molecule has 0 bridgehead atoms. The summed E-state index contributed by atoms with van der Waals surface area (Å²) in [4.78, 5) is 2.25. The lowest BCUT2D eigenvalue weighted by Crippen LogP contribution is -2.25. The van der Waals surface area contributed by atoms with Crippen LogP contribution in [0.1, 0.15) is 48.8 Å². The summed E-state index contributed by atoms with van der Waals surface area (Å²) in [7, 11) is 2.10. The van der Waals surface area contributed by atoms with Gasteiger partial charge in [-0.1, -0.05) is 11.6 Å². The molecule has 0 amide bonds. The number of ether oxygens (including phenoxy) is 1. The summed E-state index contributed by atoms with van der Waals surface area (Å²) in [6.07, 6.45) is 5.80. The number of hydrogen-bond acceptors (Lipinski definition) is 6. The fourth-order valence-electron chi connectivity index (χ4n) is 4.41. The molecule has 0 atom stereocenters. The van der Waals surface area contributed by atoms with Crippen molar-refractivity contribution < 1.29 is 4.74 Å². The molecule has 1 aliphatic heterocycles. The summed E-state index contributed by atoms with van der Waals surface area (Å²) in [6.45, 7) is 1.61. The summed E-state index contributed by atoms with van der Waals surface area (Å²) in [5.74, 6) is 3.00. The standard InChI is InChI=1S/C21H23ClN6O/c1-27-12-15-11-16(22)6-9-18(15)28-19(13-27)24-26-21(28)14-4-7-17(8-5-14)29-20-3-2-10-23-25-20/h2-3,6,9-11,14,17H,4-5,7-8,12-13H2,1H3/t14-,17+. The highest BCUT2D eigenvalue weighted by Crippen LogP contribution is 2.36. The van der Waals surface area contributed by atoms with Gasteiger partial charge in [-0.25, -0.2) is 0 Å². The van der Waals surface area contributed by atoms with E-state index in [-0.39, 0.29) is 6.10 Å². The molecule has 7 nitrogen and oxygen atoms in total. The highest BCUT2D eigenvalue weighted by atomic mass is 35.5. The van der Waals surface area contributed by atoms with E-state index in [1.165, 1.54) is 5.56 Å². The van der Waals surface area contributed by atoms with Crippen LogP contribution in [0.3, 0.4) is 0 Å². The fourth-order valence-corrected chi connectivity index (χ4v) is 4.60. The third-order valence-corrected chi connectivity index (χ3v) is 6.00. The van der Waals surface area contributed by atoms with Crippen LogP contribution >= 0.6 is 11.6 Å². The van der Waals surface area contributed by atoms with E-state index in [4.69, 9.17) is 16.3 Å². The Kier molecular flexibility index (Phi) is 4.93. The lowest BCUT2D eigenvalue weighted by atomic mass is 9.86. The molecular formula is C21H23ClN6O. The minimum atomic E-state index is 0.173. The Morgan fingerprint density at radius 2 is 1.90 bits per heavy atom. The molecule has 0 saturated heterocycles. The van der Waals surface area contributed by atoms with Crippen LogP contribution < -0.4 is 4.74 Å². The molecule has 3 heterocycles. The first-order valence-electron chi connectivity index (χ1n) is 10.0. The zero-order chi connectivity index (χ0) is 19.8. The second kappa shape index (κ2) is 7.72. The van der Waals surface area contributed by atoms with Gasteiger partial charge in [0, 0.05) is 29.7 Å². The zero-order valence-corrected chi connectivity index (χ0v) is 17.1. The largest absolute Gasteiger partial charge is 0.473 e. The second-order valence-corrected chi connectivity index (χ2v) is 8.34. The molecule has 3 aromatic rings. The van der Waals surface area contributed by atoms with E-state index < -0.39 is 0 Å². The first-order valence-corrected chi connectivity index (χ1v) is 10.4. The van der Waals surface area contributed by atoms with E-state index >= 15 is 0 Å². The van der Waals surface area contributed by atoms with E-state index in [2.05, 4.69) is 49.0 Å². The smallest absolute Gasteiger partial charge is 0.233 e. The van der Waals surface area contributed by atoms with Gasteiger partial charge in [0.15, 0.2) is 5.82 Å². The summed E-state index contributed by atoms with van der Waals surface area (Å²) in [6, 6.07) is 9.80. The van der Waals surface area contributed by atoms with E-state index in [1.54, 1.807) is 6.20 Å². The molecule has 8 heteroatoms. The zero-order valence-electron chi connectivity index (χ0n) is 16.3. The van der Waals surface area contributed by atoms with Crippen LogP contribution in [0.5, 0.6) is 5.88 Å². The molecule has 1 saturated carbocycles. The van der Waals surface area contributed by atoms with Crippen LogP contribution in [0, 0.1) is 0 Å². The van der Waals surface area contributed by atoms with Gasteiger partial charge < -0.3 is 4.74 Å². The molecule has 2 aliphatic rings. The van der Waals surface area contributed by atoms with Gasteiger partial charge in [0.2, 0.25) is 5.88 Å². The van der Waals surface area contributed by atoms with Crippen LogP contribution in [0.15, 0.2) is 36.5 Å². The van der Waals surface area contributed by atoms with Gasteiger partial charge in [-0.05, 0) is 62.6 Å². The number of rotatable bonds is 3. The Bertz CT molecular complexity index is 1000. The van der Waals surface area contributed by atoms with Crippen molar-refractivity contribution >= 4 is 11.6 Å². The van der Waals surface area contributed by atoms with E-state index in [0.717, 1.165) is 61.1 Å². The highest BCUT2D eigenvalue weighted by molar-refractivity contribution is 6.30. The minimum absolute atomic E-state index is 0.173. The van der Waals surface area contributed by atoms with Crippen molar-refractivity contribution in [3.8, 4) is 11.6 Å². The first-order chi connectivity index (χ1) is 14.2. The maximum atomic E-state index is 6.27. The first kappa shape index (κ1) is 18.5. The van der Waals surface area contributed by atoms with Gasteiger partial charge in [0.1, 0.15) is 11.9 Å². The molecule has 0 N–H and O–H groups in total.